The predicted molar refractivity (Wildman–Crippen MR) is 73.8 cm³/mol. The lowest BCUT2D eigenvalue weighted by Crippen LogP contribution is -2.00. The van der Waals surface area contributed by atoms with Gasteiger partial charge in [-0.25, -0.2) is 9.97 Å². The molecule has 88 valence electrons. The summed E-state index contributed by atoms with van der Waals surface area (Å²) in [5, 5.41) is 2.23. The van der Waals surface area contributed by atoms with Crippen molar-refractivity contribution in [1.29, 1.82) is 0 Å². The lowest BCUT2D eigenvalue weighted by atomic mass is 10.0. The average molecular weight is 236 g/mol. The highest BCUT2D eigenvalue weighted by Crippen LogP contribution is 2.26. The minimum absolute atomic E-state index is 0.380. The van der Waals surface area contributed by atoms with Crippen LogP contribution in [0.1, 0.15) is 0 Å². The topological polar surface area (TPSA) is 77.8 Å². The van der Waals surface area contributed by atoms with Crippen LogP contribution in [0.25, 0.3) is 22.2 Å². The van der Waals surface area contributed by atoms with Gasteiger partial charge in [-0.3, -0.25) is 0 Å². The number of benzene rings is 2. The molecular weight excluding hydrogens is 224 g/mol. The fourth-order valence-electron chi connectivity index (χ4n) is 2.03. The smallest absolute Gasteiger partial charge is 0.164 e. The molecule has 0 saturated heterocycles. The number of nitrogens with two attached hydrogens (primary N) is 2. The van der Waals surface area contributed by atoms with Crippen molar-refractivity contribution < 1.29 is 0 Å². The maximum atomic E-state index is 5.71. The molecule has 2 aromatic carbocycles. The van der Waals surface area contributed by atoms with Gasteiger partial charge in [0.05, 0.1) is 0 Å². The third-order valence-corrected chi connectivity index (χ3v) is 2.80. The largest absolute Gasteiger partial charge is 0.384 e. The van der Waals surface area contributed by atoms with Crippen LogP contribution in [0.2, 0.25) is 0 Å². The Labute approximate surface area is 104 Å². The third kappa shape index (κ3) is 1.73. The van der Waals surface area contributed by atoms with E-state index in [4.69, 9.17) is 11.5 Å². The van der Waals surface area contributed by atoms with Crippen molar-refractivity contribution >= 4 is 22.4 Å². The van der Waals surface area contributed by atoms with Crippen molar-refractivity contribution in [1.82, 2.24) is 9.97 Å². The van der Waals surface area contributed by atoms with Gasteiger partial charge in [-0.05, 0) is 10.8 Å². The Hall–Kier alpha value is -2.62. The second kappa shape index (κ2) is 4.00. The lowest BCUT2D eigenvalue weighted by Gasteiger charge is -2.06. The van der Waals surface area contributed by atoms with Gasteiger partial charge in [0.25, 0.3) is 0 Å². The number of nitrogens with zero attached hydrogens (tertiary/aromatic N) is 2. The van der Waals surface area contributed by atoms with Crippen molar-refractivity contribution in [2.45, 2.75) is 0 Å². The predicted octanol–water partition coefficient (Wildman–Crippen LogP) is 2.46. The molecule has 0 radical (unpaired) electrons. The Morgan fingerprint density at radius 2 is 1.44 bits per heavy atom. The SMILES string of the molecule is Nc1cc(N)nc(-c2cccc3ccccc23)n1. The van der Waals surface area contributed by atoms with Crippen LogP contribution >= 0.6 is 0 Å². The molecule has 0 fully saturated rings. The summed E-state index contributed by atoms with van der Waals surface area (Å²) in [7, 11) is 0. The van der Waals surface area contributed by atoms with Crippen molar-refractivity contribution in [3.05, 3.63) is 48.5 Å². The van der Waals surface area contributed by atoms with Crippen LogP contribution in [-0.2, 0) is 0 Å². The van der Waals surface area contributed by atoms with Crippen molar-refractivity contribution in [3.8, 4) is 11.4 Å². The molecule has 0 atom stereocenters. The van der Waals surface area contributed by atoms with E-state index in [1.807, 2.05) is 30.3 Å². The van der Waals surface area contributed by atoms with Crippen LogP contribution in [0.4, 0.5) is 11.6 Å². The molecule has 4 N–H and O–H groups in total. The molecular formula is C14H12N4. The van der Waals surface area contributed by atoms with Gasteiger partial charge in [-0.2, -0.15) is 0 Å². The number of hydrogen-bond acceptors (Lipinski definition) is 4. The van der Waals surface area contributed by atoms with E-state index in [9.17, 15) is 0 Å². The van der Waals surface area contributed by atoms with Crippen LogP contribution in [0.15, 0.2) is 48.5 Å². The number of fused-ring (bicyclic) bond motifs is 1. The van der Waals surface area contributed by atoms with Gasteiger partial charge < -0.3 is 11.5 Å². The molecule has 1 heterocycles. The third-order valence-electron chi connectivity index (χ3n) is 2.80. The number of nitrogen functional groups attached to an aromatic ring is 2. The van der Waals surface area contributed by atoms with Crippen LogP contribution in [0.5, 0.6) is 0 Å². The van der Waals surface area contributed by atoms with Crippen LogP contribution in [-0.4, -0.2) is 9.97 Å². The van der Waals surface area contributed by atoms with Crippen LogP contribution in [0.3, 0.4) is 0 Å². The second-order valence-corrected chi connectivity index (χ2v) is 4.07. The van der Waals surface area contributed by atoms with Gasteiger partial charge in [0.15, 0.2) is 5.82 Å². The molecule has 1 aromatic heterocycles. The second-order valence-electron chi connectivity index (χ2n) is 4.07. The summed E-state index contributed by atoms with van der Waals surface area (Å²) in [6, 6.07) is 15.6. The van der Waals surface area contributed by atoms with E-state index in [1.165, 1.54) is 0 Å². The fraction of sp³-hybridized carbons (Fsp3) is 0. The molecule has 0 spiro atoms. The highest BCUT2D eigenvalue weighted by atomic mass is 15.0. The minimum atomic E-state index is 0.380. The summed E-state index contributed by atoms with van der Waals surface area (Å²) >= 11 is 0. The first-order valence-corrected chi connectivity index (χ1v) is 5.62. The first kappa shape index (κ1) is 10.5. The molecule has 0 aliphatic heterocycles. The summed E-state index contributed by atoms with van der Waals surface area (Å²) in [6.45, 7) is 0. The summed E-state index contributed by atoms with van der Waals surface area (Å²) < 4.78 is 0. The van der Waals surface area contributed by atoms with E-state index < -0.39 is 0 Å². The first-order chi connectivity index (χ1) is 8.74. The van der Waals surface area contributed by atoms with Gasteiger partial charge in [0.2, 0.25) is 0 Å². The van der Waals surface area contributed by atoms with Gasteiger partial charge in [0, 0.05) is 11.6 Å². The molecule has 0 saturated carbocycles. The Morgan fingerprint density at radius 1 is 0.778 bits per heavy atom. The number of rotatable bonds is 1. The standard InChI is InChI=1S/C14H12N4/c15-12-8-13(16)18-14(17-12)11-7-3-5-9-4-1-2-6-10(9)11/h1-8H,(H4,15,16,17,18). The van der Waals surface area contributed by atoms with E-state index in [1.54, 1.807) is 6.07 Å². The molecule has 4 nitrogen and oxygen atoms in total. The Morgan fingerprint density at radius 3 is 2.22 bits per heavy atom. The Kier molecular flexibility index (Phi) is 2.34. The monoisotopic (exact) mass is 236 g/mol. The summed E-state index contributed by atoms with van der Waals surface area (Å²) in [6.07, 6.45) is 0. The molecule has 0 aliphatic carbocycles. The number of hydrogen-bond donors (Lipinski definition) is 2. The molecule has 18 heavy (non-hydrogen) atoms. The van der Waals surface area contributed by atoms with Crippen molar-refractivity contribution in [2.75, 3.05) is 11.5 Å². The van der Waals surface area contributed by atoms with Gasteiger partial charge in [-0.1, -0.05) is 42.5 Å². The highest BCUT2D eigenvalue weighted by Gasteiger charge is 2.07. The maximum Gasteiger partial charge on any atom is 0.164 e. The number of anilines is 2. The van der Waals surface area contributed by atoms with Crippen LogP contribution < -0.4 is 11.5 Å². The maximum absolute atomic E-state index is 5.71. The van der Waals surface area contributed by atoms with Crippen molar-refractivity contribution in [2.24, 2.45) is 0 Å². The first-order valence-electron chi connectivity index (χ1n) is 5.62. The fourth-order valence-corrected chi connectivity index (χ4v) is 2.03. The summed E-state index contributed by atoms with van der Waals surface area (Å²) in [5.74, 6) is 1.32. The summed E-state index contributed by atoms with van der Waals surface area (Å²) in [5.41, 5.74) is 12.4. The van der Waals surface area contributed by atoms with E-state index >= 15 is 0 Å². The zero-order valence-corrected chi connectivity index (χ0v) is 9.67. The lowest BCUT2D eigenvalue weighted by molar-refractivity contribution is 1.20. The normalized spacial score (nSPS) is 10.7. The van der Waals surface area contributed by atoms with E-state index in [-0.39, 0.29) is 0 Å². The van der Waals surface area contributed by atoms with E-state index in [0.717, 1.165) is 16.3 Å². The Bertz CT molecular complexity index is 696. The quantitative estimate of drug-likeness (QED) is 0.680. The zero-order valence-electron chi connectivity index (χ0n) is 9.67. The van der Waals surface area contributed by atoms with E-state index in [2.05, 4.69) is 22.1 Å². The van der Waals surface area contributed by atoms with Crippen LogP contribution in [0, 0.1) is 0 Å². The molecule has 0 bridgehead atoms. The summed E-state index contributed by atoms with van der Waals surface area (Å²) in [4.78, 5) is 8.48. The molecule has 4 heteroatoms. The molecule has 0 amide bonds. The van der Waals surface area contributed by atoms with E-state index in [0.29, 0.717) is 17.5 Å². The molecule has 0 unspecified atom stereocenters. The average Bonchev–Trinajstić information content (AvgIpc) is 2.37. The molecule has 0 aliphatic rings. The van der Waals surface area contributed by atoms with Gasteiger partial charge >= 0.3 is 0 Å². The number of aromatic nitrogens is 2. The van der Waals surface area contributed by atoms with Crippen molar-refractivity contribution in [3.63, 3.8) is 0 Å². The molecule has 3 aromatic rings. The minimum Gasteiger partial charge on any atom is -0.384 e. The zero-order chi connectivity index (χ0) is 12.5. The highest BCUT2D eigenvalue weighted by molar-refractivity contribution is 5.95. The molecule has 3 rings (SSSR count). The Balaban J connectivity index is 2.31. The van der Waals surface area contributed by atoms with Gasteiger partial charge in [0.1, 0.15) is 11.6 Å². The van der Waals surface area contributed by atoms with Gasteiger partial charge in [-0.15, -0.1) is 0 Å².